The van der Waals surface area contributed by atoms with Crippen molar-refractivity contribution in [3.8, 4) is 5.88 Å². The van der Waals surface area contributed by atoms with Crippen LogP contribution in [0.3, 0.4) is 0 Å². The van der Waals surface area contributed by atoms with Crippen molar-refractivity contribution in [1.29, 1.82) is 0 Å². The van der Waals surface area contributed by atoms with E-state index in [4.69, 9.17) is 4.74 Å². The summed E-state index contributed by atoms with van der Waals surface area (Å²) in [6.07, 6.45) is 2.62. The van der Waals surface area contributed by atoms with E-state index in [0.717, 1.165) is 18.5 Å². The van der Waals surface area contributed by atoms with E-state index in [1.165, 1.54) is 0 Å². The molecule has 1 fully saturated rings. The van der Waals surface area contributed by atoms with Gasteiger partial charge in [0.2, 0.25) is 11.8 Å². The lowest BCUT2D eigenvalue weighted by Gasteiger charge is -2.16. The number of rotatable bonds is 4. The molecule has 5 heteroatoms. The fraction of sp³-hybridized carbons (Fsp3) is 0.500. The van der Waals surface area contributed by atoms with Crippen LogP contribution in [0.5, 0.6) is 5.88 Å². The SMILES string of the molecule is CNC1CCN(Cc2ccc(OC)nc2)C1=O. The number of ether oxygens (including phenoxy) is 1. The summed E-state index contributed by atoms with van der Waals surface area (Å²) in [6.45, 7) is 1.42. The Bertz CT molecular complexity index is 391. The highest BCUT2D eigenvalue weighted by molar-refractivity contribution is 5.83. The molecule has 1 amide bonds. The van der Waals surface area contributed by atoms with Crippen LogP contribution in [0.2, 0.25) is 0 Å². The molecule has 2 rings (SSSR count). The summed E-state index contributed by atoms with van der Waals surface area (Å²) < 4.78 is 4.99. The number of likely N-dealkylation sites (N-methyl/N-ethyl adjacent to an activating group) is 1. The maximum Gasteiger partial charge on any atom is 0.240 e. The van der Waals surface area contributed by atoms with Gasteiger partial charge in [-0.3, -0.25) is 4.79 Å². The molecule has 0 saturated carbocycles. The first-order valence-corrected chi connectivity index (χ1v) is 5.69. The fourth-order valence-electron chi connectivity index (χ4n) is 2.01. The van der Waals surface area contributed by atoms with Gasteiger partial charge in [-0.05, 0) is 19.0 Å². The normalized spacial score (nSPS) is 19.8. The van der Waals surface area contributed by atoms with Gasteiger partial charge in [0.1, 0.15) is 0 Å². The quantitative estimate of drug-likeness (QED) is 0.821. The van der Waals surface area contributed by atoms with E-state index in [1.807, 2.05) is 24.1 Å². The molecule has 17 heavy (non-hydrogen) atoms. The van der Waals surface area contributed by atoms with Gasteiger partial charge in [-0.2, -0.15) is 0 Å². The predicted octanol–water partition coefficient (Wildman–Crippen LogP) is 0.410. The van der Waals surface area contributed by atoms with Gasteiger partial charge in [-0.25, -0.2) is 4.98 Å². The molecular weight excluding hydrogens is 218 g/mol. The van der Waals surface area contributed by atoms with Crippen molar-refractivity contribution in [1.82, 2.24) is 15.2 Å². The van der Waals surface area contributed by atoms with E-state index in [1.54, 1.807) is 13.3 Å². The Balaban J connectivity index is 1.99. The van der Waals surface area contributed by atoms with Crippen LogP contribution in [0.4, 0.5) is 0 Å². The van der Waals surface area contributed by atoms with Crippen LogP contribution in [0, 0.1) is 0 Å². The first-order valence-electron chi connectivity index (χ1n) is 5.69. The lowest BCUT2D eigenvalue weighted by Crippen LogP contribution is -2.35. The maximum absolute atomic E-state index is 11.9. The molecule has 92 valence electrons. The van der Waals surface area contributed by atoms with Gasteiger partial charge in [0.25, 0.3) is 0 Å². The molecule has 1 atom stereocenters. The van der Waals surface area contributed by atoms with E-state index >= 15 is 0 Å². The molecule has 0 aliphatic carbocycles. The molecule has 1 N–H and O–H groups in total. The Morgan fingerprint density at radius 3 is 2.94 bits per heavy atom. The monoisotopic (exact) mass is 235 g/mol. The summed E-state index contributed by atoms with van der Waals surface area (Å²) in [5.41, 5.74) is 1.02. The molecule has 0 spiro atoms. The van der Waals surface area contributed by atoms with Crippen LogP contribution in [0.25, 0.3) is 0 Å². The number of hydrogen-bond donors (Lipinski definition) is 1. The molecule has 1 aromatic heterocycles. The predicted molar refractivity (Wildman–Crippen MR) is 63.7 cm³/mol. The Hall–Kier alpha value is -1.62. The van der Waals surface area contributed by atoms with Crippen molar-refractivity contribution >= 4 is 5.91 Å². The Morgan fingerprint density at radius 2 is 2.41 bits per heavy atom. The number of likely N-dealkylation sites (tertiary alicyclic amines) is 1. The summed E-state index contributed by atoms with van der Waals surface area (Å²) in [6, 6.07) is 3.72. The Labute approximate surface area is 101 Å². The second kappa shape index (κ2) is 5.14. The van der Waals surface area contributed by atoms with Crippen LogP contribution >= 0.6 is 0 Å². The number of carbonyl (C=O) groups excluding carboxylic acids is 1. The number of nitrogens with one attached hydrogen (secondary N) is 1. The van der Waals surface area contributed by atoms with Gasteiger partial charge in [-0.1, -0.05) is 6.07 Å². The molecule has 0 aromatic carbocycles. The third kappa shape index (κ3) is 2.55. The van der Waals surface area contributed by atoms with Crippen molar-refractivity contribution < 1.29 is 9.53 Å². The molecule has 5 nitrogen and oxygen atoms in total. The average molecular weight is 235 g/mol. The van der Waals surface area contributed by atoms with Crippen LogP contribution < -0.4 is 10.1 Å². The summed E-state index contributed by atoms with van der Waals surface area (Å²) in [7, 11) is 3.41. The zero-order chi connectivity index (χ0) is 12.3. The Kier molecular flexibility index (Phi) is 3.58. The molecule has 0 radical (unpaired) electrons. The van der Waals surface area contributed by atoms with Gasteiger partial charge >= 0.3 is 0 Å². The van der Waals surface area contributed by atoms with Gasteiger partial charge in [0.15, 0.2) is 0 Å². The number of hydrogen-bond acceptors (Lipinski definition) is 4. The van der Waals surface area contributed by atoms with E-state index < -0.39 is 0 Å². The first-order chi connectivity index (χ1) is 8.24. The molecule has 1 unspecified atom stereocenters. The van der Waals surface area contributed by atoms with Gasteiger partial charge in [0, 0.05) is 25.4 Å². The number of amides is 1. The number of nitrogens with zero attached hydrogens (tertiary/aromatic N) is 2. The number of methoxy groups -OCH3 is 1. The minimum atomic E-state index is -0.0267. The van der Waals surface area contributed by atoms with E-state index in [2.05, 4.69) is 10.3 Å². The van der Waals surface area contributed by atoms with Gasteiger partial charge in [0.05, 0.1) is 13.2 Å². The van der Waals surface area contributed by atoms with Crippen LogP contribution in [-0.4, -0.2) is 42.5 Å². The van der Waals surface area contributed by atoms with Crippen LogP contribution in [0.1, 0.15) is 12.0 Å². The third-order valence-electron chi connectivity index (χ3n) is 3.03. The van der Waals surface area contributed by atoms with E-state index in [-0.39, 0.29) is 11.9 Å². The molecule has 1 saturated heterocycles. The van der Waals surface area contributed by atoms with Crippen LogP contribution in [-0.2, 0) is 11.3 Å². The lowest BCUT2D eigenvalue weighted by molar-refractivity contribution is -0.129. The lowest BCUT2D eigenvalue weighted by atomic mass is 10.2. The molecule has 1 aromatic rings. The van der Waals surface area contributed by atoms with Crippen molar-refractivity contribution in [3.63, 3.8) is 0 Å². The maximum atomic E-state index is 11.9. The molecule has 2 heterocycles. The van der Waals surface area contributed by atoms with Crippen molar-refractivity contribution in [2.24, 2.45) is 0 Å². The zero-order valence-electron chi connectivity index (χ0n) is 10.1. The highest BCUT2D eigenvalue weighted by atomic mass is 16.5. The second-order valence-electron chi connectivity index (χ2n) is 4.10. The minimum Gasteiger partial charge on any atom is -0.481 e. The second-order valence-corrected chi connectivity index (χ2v) is 4.10. The van der Waals surface area contributed by atoms with Crippen molar-refractivity contribution in [2.45, 2.75) is 19.0 Å². The number of carbonyl (C=O) groups is 1. The smallest absolute Gasteiger partial charge is 0.240 e. The average Bonchev–Trinajstić information content (AvgIpc) is 2.71. The summed E-state index contributed by atoms with van der Waals surface area (Å²) in [4.78, 5) is 17.9. The summed E-state index contributed by atoms with van der Waals surface area (Å²) >= 11 is 0. The largest absolute Gasteiger partial charge is 0.481 e. The zero-order valence-corrected chi connectivity index (χ0v) is 10.1. The number of pyridine rings is 1. The highest BCUT2D eigenvalue weighted by Crippen LogP contribution is 2.15. The van der Waals surface area contributed by atoms with Crippen molar-refractivity contribution in [2.75, 3.05) is 20.7 Å². The molecule has 1 aliphatic heterocycles. The standard InChI is InChI=1S/C12H17N3O2/c1-13-10-5-6-15(12(10)16)8-9-3-4-11(17-2)14-7-9/h3-4,7,10,13H,5-6,8H2,1-2H3. The Morgan fingerprint density at radius 1 is 1.59 bits per heavy atom. The molecule has 1 aliphatic rings. The first kappa shape index (κ1) is 11.9. The molecule has 0 bridgehead atoms. The fourth-order valence-corrected chi connectivity index (χ4v) is 2.01. The van der Waals surface area contributed by atoms with E-state index in [9.17, 15) is 4.79 Å². The minimum absolute atomic E-state index is 0.0267. The summed E-state index contributed by atoms with van der Waals surface area (Å²) in [5.74, 6) is 0.762. The summed E-state index contributed by atoms with van der Waals surface area (Å²) in [5, 5.41) is 3.02. The third-order valence-corrected chi connectivity index (χ3v) is 3.03. The molecular formula is C12H17N3O2. The van der Waals surface area contributed by atoms with E-state index in [0.29, 0.717) is 12.4 Å². The van der Waals surface area contributed by atoms with Crippen molar-refractivity contribution in [3.05, 3.63) is 23.9 Å². The van der Waals surface area contributed by atoms with Gasteiger partial charge < -0.3 is 15.0 Å². The number of aromatic nitrogens is 1. The topological polar surface area (TPSA) is 54.5 Å². The highest BCUT2D eigenvalue weighted by Gasteiger charge is 2.29. The van der Waals surface area contributed by atoms with Gasteiger partial charge in [-0.15, -0.1) is 0 Å². The van der Waals surface area contributed by atoms with Crippen LogP contribution in [0.15, 0.2) is 18.3 Å².